The van der Waals surface area contributed by atoms with E-state index in [4.69, 9.17) is 9.47 Å². The molecular formula is C28H27FN2O7S. The Balaban J connectivity index is 1.27. The fourth-order valence-electron chi connectivity index (χ4n) is 5.25. The number of amides is 1. The second-order valence-electron chi connectivity index (χ2n) is 9.36. The second kappa shape index (κ2) is 10.6. The van der Waals surface area contributed by atoms with Gasteiger partial charge in [0.15, 0.2) is 5.75 Å². The number of benzene rings is 3. The van der Waals surface area contributed by atoms with Crippen LogP contribution in [-0.4, -0.2) is 65.3 Å². The van der Waals surface area contributed by atoms with Crippen molar-refractivity contribution < 1.29 is 35.5 Å². The average Bonchev–Trinajstić information content (AvgIpc) is 3.25. The Morgan fingerprint density at radius 2 is 1.54 bits per heavy atom. The zero-order valence-electron chi connectivity index (χ0n) is 21.4. The van der Waals surface area contributed by atoms with Gasteiger partial charge in [0.05, 0.1) is 12.7 Å². The second-order valence-corrected chi connectivity index (χ2v) is 10.3. The molecule has 0 spiro atoms. The quantitative estimate of drug-likeness (QED) is 0.326. The molecular weight excluding hydrogens is 527 g/mol. The lowest BCUT2D eigenvalue weighted by Crippen LogP contribution is -2.49. The summed E-state index contributed by atoms with van der Waals surface area (Å²) < 4.78 is 50.5. The van der Waals surface area contributed by atoms with Crippen LogP contribution in [0.3, 0.4) is 0 Å². The van der Waals surface area contributed by atoms with Crippen molar-refractivity contribution in [3.8, 4) is 16.9 Å². The summed E-state index contributed by atoms with van der Waals surface area (Å²) >= 11 is 0. The number of carbonyl (C=O) groups excluding carboxylic acids is 2. The number of ether oxygens (including phenoxy) is 2. The van der Waals surface area contributed by atoms with Crippen LogP contribution in [0.5, 0.6) is 5.75 Å². The predicted octanol–water partition coefficient (Wildman–Crippen LogP) is 4.45. The number of hydrogen-bond acceptors (Lipinski definition) is 8. The van der Waals surface area contributed by atoms with E-state index in [0.29, 0.717) is 37.4 Å². The van der Waals surface area contributed by atoms with Crippen LogP contribution in [0, 0.1) is 6.92 Å². The van der Waals surface area contributed by atoms with Crippen molar-refractivity contribution >= 4 is 28.3 Å². The average molecular weight is 555 g/mol. The number of esters is 1. The molecule has 5 rings (SSSR count). The Labute approximate surface area is 226 Å². The Kier molecular flexibility index (Phi) is 7.17. The molecule has 39 heavy (non-hydrogen) atoms. The molecule has 1 heterocycles. The molecule has 1 amide bonds. The molecule has 0 bridgehead atoms. The molecule has 1 aliphatic heterocycles. The van der Waals surface area contributed by atoms with E-state index in [1.54, 1.807) is 11.8 Å². The molecule has 0 unspecified atom stereocenters. The highest BCUT2D eigenvalue weighted by Gasteiger charge is 2.31. The van der Waals surface area contributed by atoms with Crippen molar-refractivity contribution in [1.82, 2.24) is 4.90 Å². The van der Waals surface area contributed by atoms with Crippen LogP contribution in [0.2, 0.25) is 0 Å². The lowest BCUT2D eigenvalue weighted by Gasteiger charge is -2.36. The summed E-state index contributed by atoms with van der Waals surface area (Å²) in [6.07, 6.45) is -0.427. The van der Waals surface area contributed by atoms with E-state index in [0.717, 1.165) is 28.3 Å². The largest absolute Gasteiger partial charge is 0.488 e. The van der Waals surface area contributed by atoms with E-state index in [1.165, 1.54) is 13.2 Å². The summed E-state index contributed by atoms with van der Waals surface area (Å²) in [6.45, 7) is 3.18. The number of carbonyl (C=O) groups is 2. The van der Waals surface area contributed by atoms with Gasteiger partial charge in [-0.2, -0.15) is 8.42 Å². The van der Waals surface area contributed by atoms with E-state index in [1.807, 2.05) is 29.2 Å². The van der Waals surface area contributed by atoms with Gasteiger partial charge in [0.2, 0.25) is 0 Å². The zero-order chi connectivity index (χ0) is 27.7. The first-order valence-electron chi connectivity index (χ1n) is 12.4. The van der Waals surface area contributed by atoms with E-state index >= 15 is 0 Å². The van der Waals surface area contributed by atoms with Gasteiger partial charge in [-0.25, -0.2) is 9.59 Å². The third-order valence-corrected chi connectivity index (χ3v) is 7.54. The predicted molar refractivity (Wildman–Crippen MR) is 142 cm³/mol. The molecule has 0 atom stereocenters. The number of piperazine rings is 1. The maximum Gasteiger partial charge on any atom is 0.488 e. The van der Waals surface area contributed by atoms with Crippen LogP contribution in [0.4, 0.5) is 14.4 Å². The van der Waals surface area contributed by atoms with Gasteiger partial charge in [-0.3, -0.25) is 0 Å². The summed E-state index contributed by atoms with van der Waals surface area (Å²) in [5, 5.41) is 0. The molecule has 9 nitrogen and oxygen atoms in total. The standard InChI is InChI=1S/C28H27FN2O7S/c1-18-25(15-19(27(32)36-2)16-26(18)38-39(29,34)35)30-11-13-31(14-12-30)28(33)37-17-24-22-9-5-3-7-20(22)21-8-4-6-10-23(21)24/h3-10,15-16,24H,11-14,17H2,1-2H3. The summed E-state index contributed by atoms with van der Waals surface area (Å²) in [6, 6.07) is 18.9. The minimum atomic E-state index is -5.31. The van der Waals surface area contributed by atoms with Gasteiger partial charge in [0, 0.05) is 43.3 Å². The van der Waals surface area contributed by atoms with Crippen LogP contribution in [-0.2, 0) is 20.0 Å². The van der Waals surface area contributed by atoms with Crippen LogP contribution in [0.1, 0.15) is 33.0 Å². The minimum absolute atomic E-state index is 0.00992. The normalized spacial score (nSPS) is 14.9. The van der Waals surface area contributed by atoms with E-state index in [-0.39, 0.29) is 23.8 Å². The Hall–Kier alpha value is -4.12. The van der Waals surface area contributed by atoms with Crippen LogP contribution >= 0.6 is 0 Å². The van der Waals surface area contributed by atoms with Crippen molar-refractivity contribution in [2.24, 2.45) is 0 Å². The monoisotopic (exact) mass is 554 g/mol. The summed E-state index contributed by atoms with van der Waals surface area (Å²) in [5.41, 5.74) is 5.38. The summed E-state index contributed by atoms with van der Waals surface area (Å²) in [4.78, 5) is 28.6. The first kappa shape index (κ1) is 26.5. The van der Waals surface area contributed by atoms with Gasteiger partial charge in [0.1, 0.15) is 6.61 Å². The Bertz CT molecular complexity index is 1490. The molecule has 1 aliphatic carbocycles. The number of fused-ring (bicyclic) bond motifs is 3. The molecule has 1 saturated heterocycles. The van der Waals surface area contributed by atoms with Gasteiger partial charge < -0.3 is 23.5 Å². The van der Waals surface area contributed by atoms with Gasteiger partial charge in [0.25, 0.3) is 0 Å². The minimum Gasteiger partial charge on any atom is -0.465 e. The Morgan fingerprint density at radius 1 is 0.949 bits per heavy atom. The topological polar surface area (TPSA) is 102 Å². The van der Waals surface area contributed by atoms with Crippen molar-refractivity contribution in [3.63, 3.8) is 0 Å². The Morgan fingerprint density at radius 3 is 2.10 bits per heavy atom. The van der Waals surface area contributed by atoms with Crippen LogP contribution < -0.4 is 9.08 Å². The molecule has 2 aliphatic rings. The summed E-state index contributed by atoms with van der Waals surface area (Å²) in [5.74, 6) is -1.08. The van der Waals surface area contributed by atoms with E-state index in [2.05, 4.69) is 28.4 Å². The lowest BCUT2D eigenvalue weighted by molar-refractivity contribution is 0.0600. The van der Waals surface area contributed by atoms with Crippen molar-refractivity contribution in [3.05, 3.63) is 82.9 Å². The van der Waals surface area contributed by atoms with Crippen LogP contribution in [0.15, 0.2) is 60.7 Å². The third kappa shape index (κ3) is 5.40. The van der Waals surface area contributed by atoms with Gasteiger partial charge in [-0.1, -0.05) is 52.4 Å². The fourth-order valence-corrected chi connectivity index (χ4v) is 5.63. The van der Waals surface area contributed by atoms with Gasteiger partial charge >= 0.3 is 22.6 Å². The molecule has 3 aromatic carbocycles. The molecule has 11 heteroatoms. The number of halogens is 1. The van der Waals surface area contributed by atoms with E-state index in [9.17, 15) is 21.9 Å². The van der Waals surface area contributed by atoms with Crippen LogP contribution in [0.25, 0.3) is 11.1 Å². The number of nitrogens with zero attached hydrogens (tertiary/aromatic N) is 2. The lowest BCUT2D eigenvalue weighted by atomic mass is 9.98. The van der Waals surface area contributed by atoms with Gasteiger partial charge in [-0.05, 0) is 41.3 Å². The molecule has 1 fully saturated rings. The summed E-state index contributed by atoms with van der Waals surface area (Å²) in [7, 11) is -4.13. The molecule has 0 radical (unpaired) electrons. The highest BCUT2D eigenvalue weighted by Crippen LogP contribution is 2.44. The molecule has 0 aromatic heterocycles. The molecule has 0 N–H and O–H groups in total. The van der Waals surface area contributed by atoms with Gasteiger partial charge in [-0.15, -0.1) is 0 Å². The zero-order valence-corrected chi connectivity index (χ0v) is 22.2. The van der Waals surface area contributed by atoms with Crippen molar-refractivity contribution in [2.45, 2.75) is 12.8 Å². The maximum atomic E-state index is 13.3. The molecule has 0 saturated carbocycles. The first-order valence-corrected chi connectivity index (χ1v) is 13.7. The smallest absolute Gasteiger partial charge is 0.465 e. The number of methoxy groups -OCH3 is 1. The number of anilines is 1. The highest BCUT2D eigenvalue weighted by molar-refractivity contribution is 7.81. The van der Waals surface area contributed by atoms with Crippen molar-refractivity contribution in [1.29, 1.82) is 0 Å². The number of hydrogen-bond donors (Lipinski definition) is 0. The number of rotatable bonds is 6. The third-order valence-electron chi connectivity index (χ3n) is 7.16. The molecule has 3 aromatic rings. The highest BCUT2D eigenvalue weighted by atomic mass is 32.3. The first-order chi connectivity index (χ1) is 18.7. The fraction of sp³-hybridized carbons (Fsp3) is 0.286. The maximum absolute atomic E-state index is 13.3. The van der Waals surface area contributed by atoms with Crippen molar-refractivity contribution in [2.75, 3.05) is 44.8 Å². The molecule has 204 valence electrons. The van der Waals surface area contributed by atoms with E-state index < -0.39 is 22.6 Å². The SMILES string of the molecule is COC(=O)c1cc(OS(=O)(=O)F)c(C)c(N2CCN(C(=O)OCC3c4ccccc4-c4ccccc43)CC2)c1.